The summed E-state index contributed by atoms with van der Waals surface area (Å²) >= 11 is 11.6. The second-order valence-corrected chi connectivity index (χ2v) is 4.98. The highest BCUT2D eigenvalue weighted by Gasteiger charge is 2.22. The number of esters is 1. The van der Waals surface area contributed by atoms with Crippen molar-refractivity contribution in [1.82, 2.24) is 9.55 Å². The van der Waals surface area contributed by atoms with E-state index in [2.05, 4.69) is 9.72 Å². The molecule has 0 saturated carbocycles. The van der Waals surface area contributed by atoms with Gasteiger partial charge < -0.3 is 10.5 Å². The SMILES string of the molecule is CCc1nc(C(=O)OC)c(N)n1-c1cc(Cl)c(F)c(Cl)c1. The van der Waals surface area contributed by atoms with E-state index in [-0.39, 0.29) is 21.6 Å². The van der Waals surface area contributed by atoms with Gasteiger partial charge in [-0.05, 0) is 12.1 Å². The van der Waals surface area contributed by atoms with E-state index in [4.69, 9.17) is 28.9 Å². The number of aryl methyl sites for hydroxylation is 1. The van der Waals surface area contributed by atoms with Gasteiger partial charge in [-0.25, -0.2) is 14.2 Å². The van der Waals surface area contributed by atoms with Gasteiger partial charge in [0.2, 0.25) is 0 Å². The van der Waals surface area contributed by atoms with Crippen LogP contribution in [0, 0.1) is 5.82 Å². The lowest BCUT2D eigenvalue weighted by molar-refractivity contribution is 0.0596. The molecule has 2 aromatic rings. The molecule has 21 heavy (non-hydrogen) atoms. The topological polar surface area (TPSA) is 70.1 Å². The lowest BCUT2D eigenvalue weighted by atomic mass is 10.3. The van der Waals surface area contributed by atoms with Gasteiger partial charge in [0.05, 0.1) is 22.8 Å². The molecule has 0 aliphatic heterocycles. The average molecular weight is 332 g/mol. The third kappa shape index (κ3) is 2.69. The molecule has 1 aromatic carbocycles. The molecule has 0 spiro atoms. The van der Waals surface area contributed by atoms with Crippen molar-refractivity contribution in [2.45, 2.75) is 13.3 Å². The Bertz CT molecular complexity index is 693. The van der Waals surface area contributed by atoms with Gasteiger partial charge in [-0.15, -0.1) is 0 Å². The lowest BCUT2D eigenvalue weighted by Crippen LogP contribution is -2.08. The van der Waals surface area contributed by atoms with Crippen LogP contribution < -0.4 is 5.73 Å². The number of aromatic nitrogens is 2. The number of hydrogen-bond acceptors (Lipinski definition) is 4. The number of methoxy groups -OCH3 is 1. The predicted molar refractivity (Wildman–Crippen MR) is 78.7 cm³/mol. The van der Waals surface area contributed by atoms with Crippen LogP contribution in [0.4, 0.5) is 10.2 Å². The number of halogens is 3. The van der Waals surface area contributed by atoms with Crippen LogP contribution in [0.1, 0.15) is 23.2 Å². The van der Waals surface area contributed by atoms with Crippen molar-refractivity contribution < 1.29 is 13.9 Å². The molecule has 1 aromatic heterocycles. The van der Waals surface area contributed by atoms with Crippen LogP contribution in [0.2, 0.25) is 10.0 Å². The first-order chi connectivity index (χ1) is 9.90. The van der Waals surface area contributed by atoms with Gasteiger partial charge in [0.1, 0.15) is 11.6 Å². The average Bonchev–Trinajstić information content (AvgIpc) is 2.80. The minimum absolute atomic E-state index is 0.00841. The molecule has 0 aliphatic carbocycles. The molecule has 2 N–H and O–H groups in total. The summed E-state index contributed by atoms with van der Waals surface area (Å²) in [5.74, 6) is -0.781. The van der Waals surface area contributed by atoms with Gasteiger partial charge in [-0.2, -0.15) is 0 Å². The van der Waals surface area contributed by atoms with E-state index in [0.29, 0.717) is 17.9 Å². The van der Waals surface area contributed by atoms with Crippen molar-refractivity contribution in [3.63, 3.8) is 0 Å². The highest BCUT2D eigenvalue weighted by atomic mass is 35.5. The number of hydrogen-bond donors (Lipinski definition) is 1. The first-order valence-corrected chi connectivity index (χ1v) is 6.76. The molecule has 0 bridgehead atoms. The van der Waals surface area contributed by atoms with Crippen LogP contribution in [0.25, 0.3) is 5.69 Å². The number of nitrogens with two attached hydrogens (primary N) is 1. The standard InChI is InChI=1S/C13H12Cl2FN3O2/c1-3-9-18-11(13(20)21-2)12(17)19(9)6-4-7(14)10(16)8(15)5-6/h4-5H,3,17H2,1-2H3. The zero-order valence-corrected chi connectivity index (χ0v) is 12.8. The number of benzene rings is 1. The summed E-state index contributed by atoms with van der Waals surface area (Å²) < 4.78 is 19.6. The summed E-state index contributed by atoms with van der Waals surface area (Å²) in [4.78, 5) is 15.8. The number of nitrogens with zero attached hydrogens (tertiary/aromatic N) is 2. The molecule has 2 rings (SSSR count). The molecular formula is C13H12Cl2FN3O2. The summed E-state index contributed by atoms with van der Waals surface area (Å²) in [6, 6.07) is 2.72. The Hall–Kier alpha value is -1.79. The molecule has 0 aliphatic rings. The van der Waals surface area contributed by atoms with Crippen LogP contribution in [-0.4, -0.2) is 22.6 Å². The second-order valence-electron chi connectivity index (χ2n) is 4.17. The van der Waals surface area contributed by atoms with Gasteiger partial charge >= 0.3 is 5.97 Å². The number of nitrogen functional groups attached to an aromatic ring is 1. The van der Waals surface area contributed by atoms with E-state index < -0.39 is 11.8 Å². The third-order valence-electron chi connectivity index (χ3n) is 2.90. The quantitative estimate of drug-likeness (QED) is 0.692. The molecule has 0 unspecified atom stereocenters. The largest absolute Gasteiger partial charge is 0.464 e. The van der Waals surface area contributed by atoms with Crippen LogP contribution >= 0.6 is 23.2 Å². The van der Waals surface area contributed by atoms with Gasteiger partial charge in [0, 0.05) is 6.42 Å². The molecule has 0 radical (unpaired) electrons. The number of anilines is 1. The Morgan fingerprint density at radius 1 is 1.43 bits per heavy atom. The van der Waals surface area contributed by atoms with Crippen molar-refractivity contribution >= 4 is 35.0 Å². The smallest absolute Gasteiger partial charge is 0.360 e. The fraction of sp³-hybridized carbons (Fsp3) is 0.231. The number of carbonyl (C=O) groups excluding carboxylic acids is 1. The molecule has 1 heterocycles. The van der Waals surface area contributed by atoms with Crippen molar-refractivity contribution in [2.75, 3.05) is 12.8 Å². The van der Waals surface area contributed by atoms with E-state index in [1.807, 2.05) is 6.92 Å². The maximum atomic E-state index is 13.5. The monoisotopic (exact) mass is 331 g/mol. The molecule has 0 amide bonds. The maximum Gasteiger partial charge on any atom is 0.360 e. The summed E-state index contributed by atoms with van der Waals surface area (Å²) in [5, 5.41) is -0.292. The van der Waals surface area contributed by atoms with Crippen molar-refractivity contribution in [3.05, 3.63) is 39.5 Å². The summed E-state index contributed by atoms with van der Waals surface area (Å²) in [5.41, 5.74) is 6.36. The molecule has 0 atom stereocenters. The first kappa shape index (κ1) is 15.6. The highest BCUT2D eigenvalue weighted by molar-refractivity contribution is 6.35. The lowest BCUT2D eigenvalue weighted by Gasteiger charge is -2.10. The fourth-order valence-corrected chi connectivity index (χ4v) is 2.40. The van der Waals surface area contributed by atoms with E-state index in [9.17, 15) is 9.18 Å². The molecular weight excluding hydrogens is 320 g/mol. The van der Waals surface area contributed by atoms with E-state index >= 15 is 0 Å². The molecule has 112 valence electrons. The predicted octanol–water partition coefficient (Wildman–Crippen LogP) is 3.25. The Morgan fingerprint density at radius 2 is 2.00 bits per heavy atom. The Labute approximate surface area is 130 Å². The van der Waals surface area contributed by atoms with Gasteiger partial charge in [-0.3, -0.25) is 4.57 Å². The maximum absolute atomic E-state index is 13.5. The Morgan fingerprint density at radius 3 is 2.48 bits per heavy atom. The van der Waals surface area contributed by atoms with Crippen LogP contribution in [0.3, 0.4) is 0 Å². The molecule has 8 heteroatoms. The van der Waals surface area contributed by atoms with Crippen LogP contribution in [-0.2, 0) is 11.2 Å². The minimum atomic E-state index is -0.716. The summed E-state index contributed by atoms with van der Waals surface area (Å²) in [6.07, 6.45) is 0.494. The van der Waals surface area contributed by atoms with E-state index in [1.165, 1.54) is 23.8 Å². The van der Waals surface area contributed by atoms with Crippen molar-refractivity contribution in [3.8, 4) is 5.69 Å². The third-order valence-corrected chi connectivity index (χ3v) is 3.45. The first-order valence-electron chi connectivity index (χ1n) is 6.01. The number of imidazole rings is 1. The second kappa shape index (κ2) is 5.91. The molecule has 5 nitrogen and oxygen atoms in total. The van der Waals surface area contributed by atoms with Gasteiger partial charge in [0.15, 0.2) is 11.5 Å². The van der Waals surface area contributed by atoms with Gasteiger partial charge in [-0.1, -0.05) is 30.1 Å². The van der Waals surface area contributed by atoms with Crippen LogP contribution in [0.5, 0.6) is 0 Å². The summed E-state index contributed by atoms with van der Waals surface area (Å²) in [7, 11) is 1.23. The number of carbonyl (C=O) groups is 1. The summed E-state index contributed by atoms with van der Waals surface area (Å²) in [6.45, 7) is 1.84. The van der Waals surface area contributed by atoms with Crippen molar-refractivity contribution in [1.29, 1.82) is 0 Å². The fourth-order valence-electron chi connectivity index (χ4n) is 1.92. The van der Waals surface area contributed by atoms with E-state index in [1.54, 1.807) is 0 Å². The molecule has 0 saturated heterocycles. The zero-order valence-electron chi connectivity index (χ0n) is 11.3. The Balaban J connectivity index is 2.69. The van der Waals surface area contributed by atoms with Crippen LogP contribution in [0.15, 0.2) is 12.1 Å². The Kier molecular flexibility index (Phi) is 4.39. The van der Waals surface area contributed by atoms with Crippen molar-refractivity contribution in [2.24, 2.45) is 0 Å². The number of ether oxygens (including phenoxy) is 1. The minimum Gasteiger partial charge on any atom is -0.464 e. The van der Waals surface area contributed by atoms with E-state index in [0.717, 1.165) is 0 Å². The zero-order chi connectivity index (χ0) is 15.7. The number of rotatable bonds is 3. The van der Waals surface area contributed by atoms with Gasteiger partial charge in [0.25, 0.3) is 0 Å². The normalized spacial score (nSPS) is 10.7. The highest BCUT2D eigenvalue weighted by Crippen LogP contribution is 2.30. The molecule has 0 fully saturated rings.